The molecule has 246 valence electrons. The molecule has 2 aromatic heterocycles. The van der Waals surface area contributed by atoms with Crippen molar-refractivity contribution in [2.45, 2.75) is 59.9 Å². The number of aromatic amines is 2. The number of anilines is 1. The SMILES string of the molecule is CCC.CCCCNC(=O)Nc1ncc(-c2ccc(-c3ccc(-c4cnc(CN(CCC)C(=O)CNC(=O)OC)[nH]4)cc3)cc2)[nH]1. The number of alkyl carbamates (subject to hydrolysis) is 1. The second-order valence-corrected chi connectivity index (χ2v) is 10.6. The highest BCUT2D eigenvalue weighted by Crippen LogP contribution is 2.27. The number of H-pyrrole nitrogens is 2. The first-order valence-electron chi connectivity index (χ1n) is 15.8. The van der Waals surface area contributed by atoms with Crippen molar-refractivity contribution in [1.29, 1.82) is 0 Å². The van der Waals surface area contributed by atoms with Gasteiger partial charge >= 0.3 is 12.1 Å². The number of nitrogens with one attached hydrogen (secondary N) is 5. The Kier molecular flexibility index (Phi) is 14.3. The third-order valence-corrected chi connectivity index (χ3v) is 6.73. The molecule has 0 aliphatic rings. The first-order valence-corrected chi connectivity index (χ1v) is 15.8. The molecule has 0 aliphatic carbocycles. The Labute approximate surface area is 270 Å². The zero-order chi connectivity index (χ0) is 33.3. The Bertz CT molecular complexity index is 1510. The molecule has 4 amide bonds. The summed E-state index contributed by atoms with van der Waals surface area (Å²) in [5.74, 6) is 0.838. The molecule has 0 radical (unpaired) electrons. The van der Waals surface area contributed by atoms with Gasteiger partial charge in [-0.25, -0.2) is 19.6 Å². The highest BCUT2D eigenvalue weighted by Gasteiger charge is 2.16. The maximum Gasteiger partial charge on any atom is 0.407 e. The first kappa shape index (κ1) is 35.4. The third-order valence-electron chi connectivity index (χ3n) is 6.73. The summed E-state index contributed by atoms with van der Waals surface area (Å²) < 4.78 is 4.54. The number of urea groups is 1. The topological polar surface area (TPSA) is 157 Å². The molecule has 46 heavy (non-hydrogen) atoms. The van der Waals surface area contributed by atoms with Gasteiger partial charge < -0.3 is 30.2 Å². The van der Waals surface area contributed by atoms with Crippen molar-refractivity contribution in [2.75, 3.05) is 32.1 Å². The highest BCUT2D eigenvalue weighted by atomic mass is 16.5. The normalized spacial score (nSPS) is 10.4. The van der Waals surface area contributed by atoms with E-state index in [4.69, 9.17) is 0 Å². The predicted octanol–water partition coefficient (Wildman–Crippen LogP) is 6.57. The molecule has 2 aromatic carbocycles. The number of carbonyl (C=O) groups excluding carboxylic acids is 3. The van der Waals surface area contributed by atoms with Gasteiger partial charge in [-0.05, 0) is 35.1 Å². The van der Waals surface area contributed by atoms with Crippen LogP contribution in [0.2, 0.25) is 0 Å². The van der Waals surface area contributed by atoms with Crippen molar-refractivity contribution in [3.63, 3.8) is 0 Å². The van der Waals surface area contributed by atoms with Crippen LogP contribution in [0.3, 0.4) is 0 Å². The van der Waals surface area contributed by atoms with Crippen molar-refractivity contribution < 1.29 is 19.1 Å². The number of rotatable bonds is 13. The van der Waals surface area contributed by atoms with Crippen LogP contribution in [-0.4, -0.2) is 69.6 Å². The Hall–Kier alpha value is -5.13. The number of aromatic nitrogens is 4. The minimum Gasteiger partial charge on any atom is -0.453 e. The van der Waals surface area contributed by atoms with E-state index in [2.05, 4.69) is 61.4 Å². The molecule has 0 saturated carbocycles. The van der Waals surface area contributed by atoms with Crippen molar-refractivity contribution in [2.24, 2.45) is 0 Å². The van der Waals surface area contributed by atoms with Gasteiger partial charge in [0.1, 0.15) is 12.4 Å². The summed E-state index contributed by atoms with van der Waals surface area (Å²) in [6.45, 7) is 9.64. The molecule has 0 aliphatic heterocycles. The van der Waals surface area contributed by atoms with Gasteiger partial charge in [0.25, 0.3) is 0 Å². The Morgan fingerprint density at radius 1 is 0.783 bits per heavy atom. The molecule has 0 bridgehead atoms. The standard InChI is InChI=1S/C31H38N8O4.C3H8/c1-4-6-15-32-30(41)38-29-34-18-26(37-29)24-13-9-22(10-14-24)21-7-11-23(12-8-21)25-17-33-27(36-25)20-39(16-5-2)28(40)19-35-31(42)43-3;1-3-2/h7-14,17-18H,4-6,15-16,19-20H2,1-3H3,(H,33,36)(H,35,42)(H3,32,34,37,38,41);3H2,1-2H3. The van der Waals surface area contributed by atoms with Gasteiger partial charge in [-0.3, -0.25) is 10.1 Å². The summed E-state index contributed by atoms with van der Waals surface area (Å²) in [6, 6.07) is 16.0. The largest absolute Gasteiger partial charge is 0.453 e. The van der Waals surface area contributed by atoms with Crippen molar-refractivity contribution in [3.8, 4) is 33.6 Å². The van der Waals surface area contributed by atoms with Gasteiger partial charge in [0.2, 0.25) is 11.9 Å². The van der Waals surface area contributed by atoms with E-state index >= 15 is 0 Å². The van der Waals surface area contributed by atoms with Gasteiger partial charge in [0.05, 0.1) is 37.4 Å². The maximum absolute atomic E-state index is 12.6. The molecule has 4 aromatic rings. The van der Waals surface area contributed by atoms with E-state index < -0.39 is 6.09 Å². The van der Waals surface area contributed by atoms with Crippen LogP contribution in [-0.2, 0) is 16.1 Å². The van der Waals surface area contributed by atoms with Crippen LogP contribution < -0.4 is 16.0 Å². The number of carbonyl (C=O) groups is 3. The summed E-state index contributed by atoms with van der Waals surface area (Å²) in [7, 11) is 1.26. The zero-order valence-electron chi connectivity index (χ0n) is 27.4. The molecule has 5 N–H and O–H groups in total. The van der Waals surface area contributed by atoms with Gasteiger partial charge in [-0.15, -0.1) is 0 Å². The number of ether oxygens (including phenoxy) is 1. The van der Waals surface area contributed by atoms with Crippen LogP contribution >= 0.6 is 0 Å². The van der Waals surface area contributed by atoms with Crippen molar-refractivity contribution in [1.82, 2.24) is 35.5 Å². The molecule has 12 nitrogen and oxygen atoms in total. The van der Waals surface area contributed by atoms with Gasteiger partial charge in [-0.1, -0.05) is 89.1 Å². The summed E-state index contributed by atoms with van der Waals surface area (Å²) in [5.41, 5.74) is 5.69. The van der Waals surface area contributed by atoms with E-state index in [1.54, 1.807) is 17.3 Å². The molecule has 0 fully saturated rings. The summed E-state index contributed by atoms with van der Waals surface area (Å²) in [6.07, 6.45) is 6.77. The Morgan fingerprint density at radius 3 is 1.91 bits per heavy atom. The van der Waals surface area contributed by atoms with Crippen LogP contribution in [0.1, 0.15) is 59.2 Å². The fourth-order valence-corrected chi connectivity index (χ4v) is 4.41. The number of imidazole rings is 2. The second-order valence-electron chi connectivity index (χ2n) is 10.6. The fraction of sp³-hybridized carbons (Fsp3) is 0.382. The lowest BCUT2D eigenvalue weighted by molar-refractivity contribution is -0.130. The maximum atomic E-state index is 12.6. The highest BCUT2D eigenvalue weighted by molar-refractivity contribution is 5.87. The average molecular weight is 631 g/mol. The lowest BCUT2D eigenvalue weighted by atomic mass is 10.0. The molecule has 2 heterocycles. The number of hydrogen-bond acceptors (Lipinski definition) is 6. The van der Waals surface area contributed by atoms with E-state index in [1.807, 2.05) is 55.5 Å². The monoisotopic (exact) mass is 630 g/mol. The predicted molar refractivity (Wildman–Crippen MR) is 181 cm³/mol. The molecule has 0 spiro atoms. The summed E-state index contributed by atoms with van der Waals surface area (Å²) >= 11 is 0. The lowest BCUT2D eigenvalue weighted by Crippen LogP contribution is -2.40. The molecule has 0 unspecified atom stereocenters. The molecule has 0 atom stereocenters. The Balaban J connectivity index is 0.00000185. The molecular formula is C34H46N8O4. The van der Waals surface area contributed by atoms with Gasteiger partial charge in [-0.2, -0.15) is 0 Å². The Morgan fingerprint density at radius 2 is 1.35 bits per heavy atom. The minimum absolute atomic E-state index is 0.138. The first-order chi connectivity index (χ1) is 22.3. The van der Waals surface area contributed by atoms with E-state index in [-0.39, 0.29) is 18.5 Å². The fourth-order valence-electron chi connectivity index (χ4n) is 4.41. The average Bonchev–Trinajstić information content (AvgIpc) is 3.74. The van der Waals surface area contributed by atoms with Crippen LogP contribution in [0.4, 0.5) is 15.5 Å². The third kappa shape index (κ3) is 10.8. The molecule has 12 heteroatoms. The van der Waals surface area contributed by atoms with Crippen molar-refractivity contribution >= 4 is 24.0 Å². The smallest absolute Gasteiger partial charge is 0.407 e. The number of unbranched alkanes of at least 4 members (excludes halogenated alkanes) is 1. The number of benzene rings is 2. The van der Waals surface area contributed by atoms with E-state index in [0.717, 1.165) is 52.9 Å². The lowest BCUT2D eigenvalue weighted by Gasteiger charge is -2.21. The zero-order valence-corrected chi connectivity index (χ0v) is 27.4. The van der Waals surface area contributed by atoms with E-state index in [1.165, 1.54) is 13.5 Å². The molecular weight excluding hydrogens is 584 g/mol. The number of hydrogen-bond donors (Lipinski definition) is 5. The summed E-state index contributed by atoms with van der Waals surface area (Å²) in [5, 5.41) is 7.95. The van der Waals surface area contributed by atoms with Crippen LogP contribution in [0.25, 0.3) is 33.6 Å². The van der Waals surface area contributed by atoms with E-state index in [9.17, 15) is 14.4 Å². The molecule has 4 rings (SSSR count). The van der Waals surface area contributed by atoms with Crippen LogP contribution in [0.5, 0.6) is 0 Å². The van der Waals surface area contributed by atoms with Crippen LogP contribution in [0.15, 0.2) is 60.9 Å². The quantitative estimate of drug-likeness (QED) is 0.105. The summed E-state index contributed by atoms with van der Waals surface area (Å²) in [4.78, 5) is 52.7. The van der Waals surface area contributed by atoms with Gasteiger partial charge in [0, 0.05) is 13.1 Å². The second kappa shape index (κ2) is 18.6. The van der Waals surface area contributed by atoms with E-state index in [0.29, 0.717) is 31.4 Å². The number of methoxy groups -OCH3 is 1. The van der Waals surface area contributed by atoms with Crippen molar-refractivity contribution in [3.05, 3.63) is 66.7 Å². The molecule has 0 saturated heterocycles. The minimum atomic E-state index is -0.645. The van der Waals surface area contributed by atoms with Gasteiger partial charge in [0.15, 0.2) is 0 Å². The number of amides is 4. The van der Waals surface area contributed by atoms with Crippen LogP contribution in [0, 0.1) is 0 Å². The number of nitrogens with zero attached hydrogens (tertiary/aromatic N) is 3.